The number of para-hydroxylation sites is 1. The SMILES string of the molecule is O=C(Nc1ccc(-c2ccc3c(c2)C(c2ccc4ccccc4n2)C(=O)N3)cc1)OCc1ccccc1. The summed E-state index contributed by atoms with van der Waals surface area (Å²) in [6.45, 7) is 0.208. The van der Waals surface area contributed by atoms with Gasteiger partial charge in [-0.25, -0.2) is 4.79 Å². The lowest BCUT2D eigenvalue weighted by Crippen LogP contribution is -2.14. The maximum absolute atomic E-state index is 12.9. The lowest BCUT2D eigenvalue weighted by atomic mass is 9.93. The maximum Gasteiger partial charge on any atom is 0.411 e. The Kier molecular flexibility index (Phi) is 5.83. The zero-order chi connectivity index (χ0) is 25.2. The second kappa shape index (κ2) is 9.59. The van der Waals surface area contributed by atoms with E-state index in [0.29, 0.717) is 5.69 Å². The van der Waals surface area contributed by atoms with E-state index in [1.54, 1.807) is 0 Å². The van der Waals surface area contributed by atoms with Crippen LogP contribution in [0.4, 0.5) is 16.2 Å². The van der Waals surface area contributed by atoms with E-state index in [4.69, 9.17) is 9.72 Å². The Balaban J connectivity index is 1.20. The summed E-state index contributed by atoms with van der Waals surface area (Å²) in [4.78, 5) is 29.8. The highest BCUT2D eigenvalue weighted by molar-refractivity contribution is 6.05. The van der Waals surface area contributed by atoms with Gasteiger partial charge in [-0.15, -0.1) is 0 Å². The average Bonchev–Trinajstić information content (AvgIpc) is 3.27. The number of rotatable bonds is 5. The minimum absolute atomic E-state index is 0.0801. The van der Waals surface area contributed by atoms with Crippen molar-refractivity contribution < 1.29 is 14.3 Å². The number of benzene rings is 4. The molecule has 6 rings (SSSR count). The number of pyridine rings is 1. The number of nitrogens with one attached hydrogen (secondary N) is 2. The van der Waals surface area contributed by atoms with Crippen molar-refractivity contribution in [3.05, 3.63) is 126 Å². The molecule has 2 amide bonds. The van der Waals surface area contributed by atoms with Gasteiger partial charge in [0.05, 0.1) is 11.2 Å². The molecule has 5 aromatic rings. The van der Waals surface area contributed by atoms with E-state index in [2.05, 4.69) is 10.6 Å². The van der Waals surface area contributed by atoms with Crippen LogP contribution >= 0.6 is 0 Å². The van der Waals surface area contributed by atoms with Crippen molar-refractivity contribution in [2.45, 2.75) is 12.5 Å². The van der Waals surface area contributed by atoms with Gasteiger partial charge in [0.1, 0.15) is 12.5 Å². The largest absolute Gasteiger partial charge is 0.444 e. The van der Waals surface area contributed by atoms with Crippen molar-refractivity contribution >= 4 is 34.3 Å². The number of hydrogen-bond donors (Lipinski definition) is 2. The predicted octanol–water partition coefficient (Wildman–Crippen LogP) is 6.73. The van der Waals surface area contributed by atoms with Crippen LogP contribution in [0.2, 0.25) is 0 Å². The van der Waals surface area contributed by atoms with E-state index < -0.39 is 12.0 Å². The Labute approximate surface area is 213 Å². The highest BCUT2D eigenvalue weighted by Crippen LogP contribution is 2.39. The fourth-order valence-corrected chi connectivity index (χ4v) is 4.60. The molecule has 0 spiro atoms. The molecule has 0 fully saturated rings. The Morgan fingerprint density at radius 3 is 2.43 bits per heavy atom. The van der Waals surface area contributed by atoms with Crippen LogP contribution in [0.25, 0.3) is 22.0 Å². The molecule has 1 atom stereocenters. The number of carbonyl (C=O) groups is 2. The standard InChI is InChI=1S/C31H23N3O3/c35-30-29(28-17-12-22-8-4-5-9-26(22)33-28)25-18-23(13-16-27(25)34-30)21-10-14-24(15-11-21)32-31(36)37-19-20-6-2-1-3-7-20/h1-18,29H,19H2,(H,32,36)(H,34,35). The van der Waals surface area contributed by atoms with E-state index in [1.165, 1.54) is 0 Å². The predicted molar refractivity (Wildman–Crippen MR) is 144 cm³/mol. The minimum atomic E-state index is -0.510. The van der Waals surface area contributed by atoms with Crippen molar-refractivity contribution in [1.82, 2.24) is 4.98 Å². The molecule has 0 bridgehead atoms. The molecule has 0 aliphatic carbocycles. The molecule has 1 unspecified atom stereocenters. The molecule has 4 aromatic carbocycles. The molecule has 1 aromatic heterocycles. The third-order valence-corrected chi connectivity index (χ3v) is 6.48. The molecule has 1 aliphatic rings. The highest BCUT2D eigenvalue weighted by Gasteiger charge is 2.33. The quantitative estimate of drug-likeness (QED) is 0.289. The van der Waals surface area contributed by atoms with Crippen LogP contribution in [-0.4, -0.2) is 17.0 Å². The molecule has 37 heavy (non-hydrogen) atoms. The molecule has 2 heterocycles. The Morgan fingerprint density at radius 2 is 1.59 bits per heavy atom. The van der Waals surface area contributed by atoms with E-state index >= 15 is 0 Å². The monoisotopic (exact) mass is 485 g/mol. The molecular formula is C31H23N3O3. The second-order valence-corrected chi connectivity index (χ2v) is 8.92. The van der Waals surface area contributed by atoms with E-state index in [0.717, 1.165) is 44.5 Å². The van der Waals surface area contributed by atoms with Crippen molar-refractivity contribution in [3.63, 3.8) is 0 Å². The van der Waals surface area contributed by atoms with Gasteiger partial charge >= 0.3 is 6.09 Å². The van der Waals surface area contributed by atoms with Crippen molar-refractivity contribution in [3.8, 4) is 11.1 Å². The van der Waals surface area contributed by atoms with Gasteiger partial charge in [0.25, 0.3) is 0 Å². The van der Waals surface area contributed by atoms with Crippen LogP contribution in [0.5, 0.6) is 0 Å². The summed E-state index contributed by atoms with van der Waals surface area (Å²) in [5.74, 6) is -0.552. The summed E-state index contributed by atoms with van der Waals surface area (Å²) in [5.41, 5.74) is 6.79. The summed E-state index contributed by atoms with van der Waals surface area (Å²) in [6, 6.07) is 34.8. The van der Waals surface area contributed by atoms with Gasteiger partial charge in [0, 0.05) is 16.8 Å². The number of nitrogens with zero attached hydrogens (tertiary/aromatic N) is 1. The number of fused-ring (bicyclic) bond motifs is 2. The number of ether oxygens (including phenoxy) is 1. The number of hydrogen-bond acceptors (Lipinski definition) is 4. The van der Waals surface area contributed by atoms with Crippen LogP contribution < -0.4 is 10.6 Å². The van der Waals surface area contributed by atoms with Crippen LogP contribution in [-0.2, 0) is 16.1 Å². The smallest absolute Gasteiger partial charge is 0.411 e. The van der Waals surface area contributed by atoms with Crippen LogP contribution in [0.1, 0.15) is 22.7 Å². The molecule has 180 valence electrons. The summed E-state index contributed by atoms with van der Waals surface area (Å²) in [6.07, 6.45) is -0.510. The van der Waals surface area contributed by atoms with Gasteiger partial charge < -0.3 is 10.1 Å². The van der Waals surface area contributed by atoms with Crippen molar-refractivity contribution in [2.24, 2.45) is 0 Å². The first-order valence-electron chi connectivity index (χ1n) is 12.0. The second-order valence-electron chi connectivity index (χ2n) is 8.92. The van der Waals surface area contributed by atoms with E-state index in [1.807, 2.05) is 109 Å². The Morgan fingerprint density at radius 1 is 0.838 bits per heavy atom. The molecule has 6 heteroatoms. The maximum atomic E-state index is 12.9. The number of anilines is 2. The van der Waals surface area contributed by atoms with Gasteiger partial charge in [-0.05, 0) is 58.7 Å². The number of carbonyl (C=O) groups excluding carboxylic acids is 2. The minimum Gasteiger partial charge on any atom is -0.444 e. The third-order valence-electron chi connectivity index (χ3n) is 6.48. The molecule has 1 aliphatic heterocycles. The summed E-state index contributed by atoms with van der Waals surface area (Å²) in [7, 11) is 0. The summed E-state index contributed by atoms with van der Waals surface area (Å²) < 4.78 is 5.29. The van der Waals surface area contributed by atoms with Gasteiger partial charge in [0.15, 0.2) is 0 Å². The molecular weight excluding hydrogens is 462 g/mol. The van der Waals surface area contributed by atoms with Gasteiger partial charge in [-0.3, -0.25) is 15.1 Å². The average molecular weight is 486 g/mol. The summed E-state index contributed by atoms with van der Waals surface area (Å²) in [5, 5.41) is 6.78. The normalized spacial score (nSPS) is 14.2. The zero-order valence-electron chi connectivity index (χ0n) is 19.8. The molecule has 0 saturated carbocycles. The molecule has 2 N–H and O–H groups in total. The fraction of sp³-hybridized carbons (Fsp3) is 0.0645. The Hall–Kier alpha value is -4.97. The Bertz CT molecular complexity index is 1610. The molecule has 6 nitrogen and oxygen atoms in total. The molecule has 0 radical (unpaired) electrons. The third kappa shape index (κ3) is 4.65. The topological polar surface area (TPSA) is 80.3 Å². The first-order valence-corrected chi connectivity index (χ1v) is 12.0. The van der Waals surface area contributed by atoms with Crippen molar-refractivity contribution in [1.29, 1.82) is 0 Å². The van der Waals surface area contributed by atoms with Gasteiger partial charge in [-0.1, -0.05) is 72.8 Å². The fourth-order valence-electron chi connectivity index (χ4n) is 4.60. The van der Waals surface area contributed by atoms with E-state index in [9.17, 15) is 9.59 Å². The molecule has 0 saturated heterocycles. The first-order chi connectivity index (χ1) is 18.1. The zero-order valence-corrected chi connectivity index (χ0v) is 19.8. The van der Waals surface area contributed by atoms with Gasteiger partial charge in [0.2, 0.25) is 5.91 Å². The lowest BCUT2D eigenvalue weighted by Gasteiger charge is -2.12. The first kappa shape index (κ1) is 22.5. The highest BCUT2D eigenvalue weighted by atomic mass is 16.5. The van der Waals surface area contributed by atoms with Crippen LogP contribution in [0.15, 0.2) is 109 Å². The number of amides is 2. The van der Waals surface area contributed by atoms with Crippen LogP contribution in [0.3, 0.4) is 0 Å². The van der Waals surface area contributed by atoms with Gasteiger partial charge in [-0.2, -0.15) is 0 Å². The number of aromatic nitrogens is 1. The summed E-state index contributed by atoms with van der Waals surface area (Å²) >= 11 is 0. The lowest BCUT2D eigenvalue weighted by molar-refractivity contribution is -0.116. The van der Waals surface area contributed by atoms with E-state index in [-0.39, 0.29) is 12.5 Å². The van der Waals surface area contributed by atoms with Crippen LogP contribution in [0, 0.1) is 0 Å². The van der Waals surface area contributed by atoms with Crippen molar-refractivity contribution in [2.75, 3.05) is 10.6 Å².